The second-order valence-corrected chi connectivity index (χ2v) is 6.19. The summed E-state index contributed by atoms with van der Waals surface area (Å²) in [7, 11) is 1.75. The largest absolute Gasteiger partial charge is 0.340 e. The van der Waals surface area contributed by atoms with Gasteiger partial charge in [0.1, 0.15) is 11.4 Å². The number of nitro groups is 1. The van der Waals surface area contributed by atoms with Crippen LogP contribution in [0.1, 0.15) is 30.9 Å². The van der Waals surface area contributed by atoms with Crippen molar-refractivity contribution in [2.75, 3.05) is 7.05 Å². The zero-order valence-corrected chi connectivity index (χ0v) is 15.3. The number of rotatable bonds is 7. The summed E-state index contributed by atoms with van der Waals surface area (Å²) < 4.78 is 3.39. The van der Waals surface area contributed by atoms with Crippen molar-refractivity contribution in [1.82, 2.24) is 24.5 Å². The summed E-state index contributed by atoms with van der Waals surface area (Å²) in [6.45, 7) is 8.57. The molecule has 0 bridgehead atoms. The molecule has 0 radical (unpaired) electrons. The van der Waals surface area contributed by atoms with Gasteiger partial charge in [-0.3, -0.25) is 24.3 Å². The van der Waals surface area contributed by atoms with Crippen LogP contribution in [-0.2, 0) is 24.4 Å². The number of amides is 1. The maximum atomic E-state index is 12.6. The first-order valence-electron chi connectivity index (χ1n) is 8.20. The summed E-state index contributed by atoms with van der Waals surface area (Å²) in [5, 5.41) is 19.5. The average molecular weight is 348 g/mol. The Labute approximate surface area is 146 Å². The third-order valence-electron chi connectivity index (χ3n) is 4.27. The zero-order chi connectivity index (χ0) is 18.7. The Morgan fingerprint density at radius 2 is 2.08 bits per heavy atom. The van der Waals surface area contributed by atoms with E-state index in [1.807, 2.05) is 17.7 Å². The van der Waals surface area contributed by atoms with Gasteiger partial charge in [0.25, 0.3) is 0 Å². The number of carbonyl (C=O) groups is 1. The van der Waals surface area contributed by atoms with E-state index in [9.17, 15) is 14.9 Å². The molecule has 1 unspecified atom stereocenters. The Bertz CT molecular complexity index is 779. The van der Waals surface area contributed by atoms with Crippen molar-refractivity contribution < 1.29 is 9.72 Å². The predicted octanol–water partition coefficient (Wildman–Crippen LogP) is 1.92. The van der Waals surface area contributed by atoms with Gasteiger partial charge in [0.15, 0.2) is 0 Å². The minimum atomic E-state index is -0.432. The molecule has 0 saturated carbocycles. The maximum absolute atomic E-state index is 12.6. The Morgan fingerprint density at radius 3 is 2.64 bits per heavy atom. The van der Waals surface area contributed by atoms with Gasteiger partial charge in [-0.2, -0.15) is 10.2 Å². The third kappa shape index (κ3) is 3.86. The molecule has 0 aliphatic rings. The molecule has 0 aliphatic carbocycles. The van der Waals surface area contributed by atoms with Crippen LogP contribution in [0.4, 0.5) is 5.69 Å². The first-order valence-corrected chi connectivity index (χ1v) is 8.20. The number of hydrogen-bond donors (Lipinski definition) is 0. The fourth-order valence-corrected chi connectivity index (χ4v) is 2.94. The fraction of sp³-hybridized carbons (Fsp3) is 0.562. The van der Waals surface area contributed by atoms with Crippen molar-refractivity contribution in [1.29, 1.82) is 0 Å². The van der Waals surface area contributed by atoms with Crippen LogP contribution in [0.5, 0.6) is 0 Å². The monoisotopic (exact) mass is 348 g/mol. The molecule has 0 aromatic carbocycles. The number of aryl methyl sites for hydroxylation is 2. The number of hydrogen-bond acceptors (Lipinski definition) is 5. The molecule has 25 heavy (non-hydrogen) atoms. The second-order valence-electron chi connectivity index (χ2n) is 6.19. The van der Waals surface area contributed by atoms with E-state index in [0.29, 0.717) is 24.5 Å². The molecular formula is C16H24N6O3. The van der Waals surface area contributed by atoms with Crippen LogP contribution in [-0.4, -0.2) is 42.3 Å². The molecular weight excluding hydrogens is 324 g/mol. The summed E-state index contributed by atoms with van der Waals surface area (Å²) in [5.41, 5.74) is 1.81. The van der Waals surface area contributed by atoms with Crippen LogP contribution in [0, 0.1) is 29.9 Å². The first-order chi connectivity index (χ1) is 11.8. The van der Waals surface area contributed by atoms with E-state index in [1.165, 1.54) is 0 Å². The SMILES string of the molecule is CCn1nccc1CN(C)C(=O)C(C)Cn1nc(C)c([N+](=O)[O-])c1C. The summed E-state index contributed by atoms with van der Waals surface area (Å²) >= 11 is 0. The molecule has 0 aliphatic heterocycles. The van der Waals surface area contributed by atoms with Crippen LogP contribution in [0.2, 0.25) is 0 Å². The third-order valence-corrected chi connectivity index (χ3v) is 4.27. The molecule has 136 valence electrons. The van der Waals surface area contributed by atoms with Crippen LogP contribution in [0.15, 0.2) is 12.3 Å². The standard InChI is InChI=1S/C16H24N6O3/c1-6-20-14(7-8-17-20)10-19(5)16(23)11(2)9-21-13(4)15(22(24)25)12(3)18-21/h7-8,11H,6,9-10H2,1-5H3. The molecule has 1 amide bonds. The highest BCUT2D eigenvalue weighted by Crippen LogP contribution is 2.22. The van der Waals surface area contributed by atoms with Crippen LogP contribution in [0.25, 0.3) is 0 Å². The average Bonchev–Trinajstić information content (AvgIpc) is 3.10. The Hall–Kier alpha value is -2.71. The van der Waals surface area contributed by atoms with Crippen molar-refractivity contribution in [3.05, 3.63) is 39.5 Å². The Morgan fingerprint density at radius 1 is 1.40 bits per heavy atom. The highest BCUT2D eigenvalue weighted by Gasteiger charge is 2.25. The summed E-state index contributed by atoms with van der Waals surface area (Å²) in [5.74, 6) is -0.389. The number of nitrogens with zero attached hydrogens (tertiary/aromatic N) is 6. The molecule has 0 N–H and O–H groups in total. The highest BCUT2D eigenvalue weighted by molar-refractivity contribution is 5.78. The number of carbonyl (C=O) groups excluding carboxylic acids is 1. The molecule has 0 saturated heterocycles. The van der Waals surface area contributed by atoms with Crippen molar-refractivity contribution in [3.63, 3.8) is 0 Å². The van der Waals surface area contributed by atoms with E-state index < -0.39 is 4.92 Å². The van der Waals surface area contributed by atoms with E-state index in [-0.39, 0.29) is 17.5 Å². The molecule has 0 spiro atoms. The van der Waals surface area contributed by atoms with Crippen LogP contribution < -0.4 is 0 Å². The van der Waals surface area contributed by atoms with Gasteiger partial charge in [-0.1, -0.05) is 6.92 Å². The predicted molar refractivity (Wildman–Crippen MR) is 91.9 cm³/mol. The minimum Gasteiger partial charge on any atom is -0.340 e. The van der Waals surface area contributed by atoms with Crippen molar-refractivity contribution in [2.45, 2.75) is 47.3 Å². The molecule has 2 heterocycles. The molecule has 2 rings (SSSR count). The lowest BCUT2D eigenvalue weighted by Crippen LogP contribution is -2.34. The molecule has 2 aromatic heterocycles. The summed E-state index contributed by atoms with van der Waals surface area (Å²) in [6, 6.07) is 1.89. The fourth-order valence-electron chi connectivity index (χ4n) is 2.94. The van der Waals surface area contributed by atoms with Gasteiger partial charge in [0.2, 0.25) is 5.91 Å². The Kier molecular flexibility index (Phi) is 5.55. The number of aromatic nitrogens is 4. The second kappa shape index (κ2) is 7.45. The van der Waals surface area contributed by atoms with E-state index in [4.69, 9.17) is 0 Å². The zero-order valence-electron chi connectivity index (χ0n) is 15.3. The molecule has 9 heteroatoms. The first kappa shape index (κ1) is 18.6. The molecule has 1 atom stereocenters. The van der Waals surface area contributed by atoms with E-state index >= 15 is 0 Å². The molecule has 2 aromatic rings. The van der Waals surface area contributed by atoms with Gasteiger partial charge in [-0.05, 0) is 26.8 Å². The van der Waals surface area contributed by atoms with Crippen LogP contribution >= 0.6 is 0 Å². The van der Waals surface area contributed by atoms with E-state index in [1.54, 1.807) is 43.6 Å². The lowest BCUT2D eigenvalue weighted by atomic mass is 10.1. The summed E-state index contributed by atoms with van der Waals surface area (Å²) in [6.07, 6.45) is 1.72. The lowest BCUT2D eigenvalue weighted by molar-refractivity contribution is -0.386. The van der Waals surface area contributed by atoms with Crippen molar-refractivity contribution >= 4 is 11.6 Å². The minimum absolute atomic E-state index is 0.0138. The Balaban J connectivity index is 2.07. The van der Waals surface area contributed by atoms with E-state index in [0.717, 1.165) is 12.2 Å². The topological polar surface area (TPSA) is 99.1 Å². The lowest BCUT2D eigenvalue weighted by Gasteiger charge is -2.22. The van der Waals surface area contributed by atoms with Gasteiger partial charge >= 0.3 is 5.69 Å². The maximum Gasteiger partial charge on any atom is 0.312 e. The molecule has 9 nitrogen and oxygen atoms in total. The smallest absolute Gasteiger partial charge is 0.312 e. The summed E-state index contributed by atoms with van der Waals surface area (Å²) in [4.78, 5) is 24.9. The van der Waals surface area contributed by atoms with Gasteiger partial charge in [0.05, 0.1) is 29.6 Å². The quantitative estimate of drug-likeness (QED) is 0.562. The van der Waals surface area contributed by atoms with Gasteiger partial charge < -0.3 is 4.90 Å². The van der Waals surface area contributed by atoms with Crippen LogP contribution in [0.3, 0.4) is 0 Å². The van der Waals surface area contributed by atoms with Crippen molar-refractivity contribution in [2.24, 2.45) is 5.92 Å². The van der Waals surface area contributed by atoms with E-state index in [2.05, 4.69) is 10.2 Å². The van der Waals surface area contributed by atoms with Gasteiger partial charge in [-0.25, -0.2) is 0 Å². The van der Waals surface area contributed by atoms with Gasteiger partial charge in [0, 0.05) is 19.8 Å². The normalized spacial score (nSPS) is 12.2. The van der Waals surface area contributed by atoms with Crippen molar-refractivity contribution in [3.8, 4) is 0 Å². The molecule has 0 fully saturated rings. The van der Waals surface area contributed by atoms with Gasteiger partial charge in [-0.15, -0.1) is 0 Å². The highest BCUT2D eigenvalue weighted by atomic mass is 16.6.